The first kappa shape index (κ1) is 25.0. The van der Waals surface area contributed by atoms with E-state index in [1.54, 1.807) is 12.1 Å². The van der Waals surface area contributed by atoms with Crippen molar-refractivity contribution in [1.29, 1.82) is 0 Å². The van der Waals surface area contributed by atoms with Crippen molar-refractivity contribution in [3.05, 3.63) is 108 Å². The van der Waals surface area contributed by atoms with Gasteiger partial charge in [0.2, 0.25) is 0 Å². The van der Waals surface area contributed by atoms with Crippen LogP contribution in [0.2, 0.25) is 0 Å². The number of benzene rings is 3. The minimum Gasteiger partial charge on any atom is -0.406 e. The Labute approximate surface area is 223 Å². The van der Waals surface area contributed by atoms with Crippen molar-refractivity contribution in [1.82, 2.24) is 14.5 Å². The molecule has 5 aromatic rings. The van der Waals surface area contributed by atoms with Crippen LogP contribution < -0.4 is 10.1 Å². The van der Waals surface area contributed by atoms with Crippen LogP contribution in [0, 0.1) is 0 Å². The van der Waals surface area contributed by atoms with E-state index in [4.69, 9.17) is 0 Å². The van der Waals surface area contributed by atoms with Gasteiger partial charge in [-0.05, 0) is 47.3 Å². The molecule has 2 aliphatic rings. The Balaban J connectivity index is 0.000000166. The van der Waals surface area contributed by atoms with Gasteiger partial charge in [0.25, 0.3) is 0 Å². The molecule has 2 aromatic heterocycles. The maximum atomic E-state index is 12.3. The number of alkyl halides is 3. The van der Waals surface area contributed by atoms with Crippen molar-refractivity contribution < 1.29 is 17.9 Å². The molecule has 0 saturated heterocycles. The Morgan fingerprint density at radius 2 is 1.59 bits per heavy atom. The first-order valence-electron chi connectivity index (χ1n) is 12.9. The number of halogens is 3. The standard InChI is InChI=1S/C19H17F3N2O.C12H10N2/c20-19(21,22)25-15-7-5-13(6-8-15)16-12-23-9-10-24-17-4-2-1-3-14(17)11-18(16)24;1-2-4-12-10(3-1)9-11-5-6-13-7-8-14(11)12/h1-8,11,16,23H,9-10,12H2;1-4,6-9H,5H2. The SMILES string of the molecule is C1=Cn2c(cc3ccccc32)CC=N1.FC(F)(F)Oc1ccc(C2CNCCn3c2cc2ccccc23)cc1. The first-order chi connectivity index (χ1) is 19.0. The first-order valence-corrected chi connectivity index (χ1v) is 12.9. The van der Waals surface area contributed by atoms with Gasteiger partial charge in [0, 0.05) is 72.9 Å². The molecule has 1 unspecified atom stereocenters. The van der Waals surface area contributed by atoms with E-state index >= 15 is 0 Å². The quantitative estimate of drug-likeness (QED) is 0.269. The molecule has 0 fully saturated rings. The zero-order chi connectivity index (χ0) is 26.8. The van der Waals surface area contributed by atoms with E-state index in [0.29, 0.717) is 0 Å². The van der Waals surface area contributed by atoms with E-state index < -0.39 is 6.36 Å². The summed E-state index contributed by atoms with van der Waals surface area (Å²) in [7, 11) is 0. The number of para-hydroxylation sites is 2. The molecule has 0 saturated carbocycles. The number of hydrogen-bond donors (Lipinski definition) is 1. The number of hydrogen-bond acceptors (Lipinski definition) is 3. The van der Waals surface area contributed by atoms with Gasteiger partial charge in [-0.1, -0.05) is 48.5 Å². The lowest BCUT2D eigenvalue weighted by Crippen LogP contribution is -2.21. The lowest BCUT2D eigenvalue weighted by Gasteiger charge is -2.17. The molecular formula is C31H27F3N4O. The van der Waals surface area contributed by atoms with Gasteiger partial charge in [0.15, 0.2) is 0 Å². The Hall–Kier alpha value is -4.30. The minimum atomic E-state index is -4.67. The predicted octanol–water partition coefficient (Wildman–Crippen LogP) is 6.97. The second-order valence-electron chi connectivity index (χ2n) is 9.55. The highest BCUT2D eigenvalue weighted by molar-refractivity contribution is 5.85. The average molecular weight is 529 g/mol. The van der Waals surface area contributed by atoms with Crippen LogP contribution >= 0.6 is 0 Å². The smallest absolute Gasteiger partial charge is 0.406 e. The van der Waals surface area contributed by atoms with Crippen LogP contribution in [0.5, 0.6) is 5.75 Å². The molecule has 4 heterocycles. The van der Waals surface area contributed by atoms with Crippen molar-refractivity contribution in [3.63, 3.8) is 0 Å². The summed E-state index contributed by atoms with van der Waals surface area (Å²) in [6.07, 6.45) is 2.03. The monoisotopic (exact) mass is 528 g/mol. The summed E-state index contributed by atoms with van der Waals surface area (Å²) in [5.41, 5.74) is 5.87. The summed E-state index contributed by atoms with van der Waals surface area (Å²) in [5, 5.41) is 5.89. The number of fused-ring (bicyclic) bond motifs is 6. The average Bonchev–Trinajstić information content (AvgIpc) is 3.27. The summed E-state index contributed by atoms with van der Waals surface area (Å²) in [6.45, 7) is 2.47. The van der Waals surface area contributed by atoms with Crippen LogP contribution in [0.25, 0.3) is 28.0 Å². The molecule has 39 heavy (non-hydrogen) atoms. The second-order valence-corrected chi connectivity index (χ2v) is 9.55. The highest BCUT2D eigenvalue weighted by Crippen LogP contribution is 2.33. The molecule has 3 aromatic carbocycles. The third kappa shape index (κ3) is 5.33. The second kappa shape index (κ2) is 10.5. The fourth-order valence-electron chi connectivity index (χ4n) is 5.38. The van der Waals surface area contributed by atoms with E-state index in [0.717, 1.165) is 31.6 Å². The Morgan fingerprint density at radius 1 is 0.872 bits per heavy atom. The molecule has 8 heteroatoms. The highest BCUT2D eigenvalue weighted by Gasteiger charge is 2.31. The van der Waals surface area contributed by atoms with Gasteiger partial charge < -0.3 is 19.2 Å². The maximum absolute atomic E-state index is 12.3. The maximum Gasteiger partial charge on any atom is 0.573 e. The number of aliphatic imine (C=N–C) groups is 1. The van der Waals surface area contributed by atoms with Crippen LogP contribution in [0.15, 0.2) is 96.1 Å². The Kier molecular flexibility index (Phi) is 6.70. The molecule has 1 atom stereocenters. The van der Waals surface area contributed by atoms with Gasteiger partial charge in [-0.3, -0.25) is 4.99 Å². The van der Waals surface area contributed by atoms with Gasteiger partial charge in [0.1, 0.15) is 5.75 Å². The number of nitrogens with zero attached hydrogens (tertiary/aromatic N) is 3. The molecule has 0 aliphatic carbocycles. The molecule has 0 bridgehead atoms. The van der Waals surface area contributed by atoms with Gasteiger partial charge in [0.05, 0.1) is 5.52 Å². The molecule has 5 nitrogen and oxygen atoms in total. The van der Waals surface area contributed by atoms with Gasteiger partial charge in [-0.25, -0.2) is 0 Å². The summed E-state index contributed by atoms with van der Waals surface area (Å²) in [5.74, 6) is -0.117. The van der Waals surface area contributed by atoms with Crippen LogP contribution in [0.3, 0.4) is 0 Å². The van der Waals surface area contributed by atoms with E-state index in [1.807, 2.05) is 30.7 Å². The number of nitrogens with one attached hydrogen (secondary N) is 1. The summed E-state index contributed by atoms with van der Waals surface area (Å²) < 4.78 is 45.4. The minimum absolute atomic E-state index is 0.0786. The molecule has 1 N–H and O–H groups in total. The van der Waals surface area contributed by atoms with Crippen LogP contribution in [-0.4, -0.2) is 34.8 Å². The zero-order valence-corrected chi connectivity index (χ0v) is 21.1. The fraction of sp³-hybridized carbons (Fsp3) is 0.194. The highest BCUT2D eigenvalue weighted by atomic mass is 19.4. The predicted molar refractivity (Wildman–Crippen MR) is 149 cm³/mol. The van der Waals surface area contributed by atoms with E-state index in [-0.39, 0.29) is 11.7 Å². The van der Waals surface area contributed by atoms with Crippen molar-refractivity contribution in [2.24, 2.45) is 4.99 Å². The normalized spacial score (nSPS) is 16.6. The number of ether oxygens (including phenoxy) is 1. The van der Waals surface area contributed by atoms with Crippen molar-refractivity contribution in [2.45, 2.75) is 25.2 Å². The Bertz CT molecular complexity index is 1660. The van der Waals surface area contributed by atoms with Gasteiger partial charge >= 0.3 is 6.36 Å². The largest absolute Gasteiger partial charge is 0.573 e. The summed E-state index contributed by atoms with van der Waals surface area (Å²) in [4.78, 5) is 4.14. The van der Waals surface area contributed by atoms with E-state index in [9.17, 15) is 13.2 Å². The Morgan fingerprint density at radius 3 is 2.36 bits per heavy atom. The third-order valence-corrected chi connectivity index (χ3v) is 7.11. The molecule has 0 amide bonds. The molecule has 7 rings (SSSR count). The molecule has 2 aliphatic heterocycles. The molecule has 198 valence electrons. The number of rotatable bonds is 2. The molecular weight excluding hydrogens is 501 g/mol. The summed E-state index contributed by atoms with van der Waals surface area (Å²) in [6, 6.07) is 27.2. The molecule has 0 spiro atoms. The van der Waals surface area contributed by atoms with E-state index in [1.165, 1.54) is 45.3 Å². The van der Waals surface area contributed by atoms with Crippen molar-refractivity contribution in [2.75, 3.05) is 13.1 Å². The topological polar surface area (TPSA) is 43.5 Å². The zero-order valence-electron chi connectivity index (χ0n) is 21.1. The number of aromatic nitrogens is 2. The molecule has 0 radical (unpaired) electrons. The third-order valence-electron chi connectivity index (χ3n) is 7.11. The van der Waals surface area contributed by atoms with Crippen LogP contribution in [-0.2, 0) is 13.0 Å². The summed E-state index contributed by atoms with van der Waals surface area (Å²) >= 11 is 0. The lowest BCUT2D eigenvalue weighted by atomic mass is 9.95. The fourth-order valence-corrected chi connectivity index (χ4v) is 5.38. The van der Waals surface area contributed by atoms with Crippen LogP contribution in [0.4, 0.5) is 13.2 Å². The van der Waals surface area contributed by atoms with Crippen LogP contribution in [0.1, 0.15) is 22.9 Å². The van der Waals surface area contributed by atoms with Gasteiger partial charge in [-0.2, -0.15) is 0 Å². The van der Waals surface area contributed by atoms with Gasteiger partial charge in [-0.15, -0.1) is 13.2 Å². The lowest BCUT2D eigenvalue weighted by molar-refractivity contribution is -0.274. The van der Waals surface area contributed by atoms with Crippen molar-refractivity contribution in [3.8, 4) is 5.75 Å². The van der Waals surface area contributed by atoms with Crippen molar-refractivity contribution >= 4 is 34.2 Å². The van der Waals surface area contributed by atoms with E-state index in [2.05, 4.69) is 72.7 Å².